The number of aliphatic hydroxyl groups is 1. The van der Waals surface area contributed by atoms with Crippen LogP contribution < -0.4 is 5.32 Å². The Morgan fingerprint density at radius 3 is 2.65 bits per heavy atom. The molecule has 1 heterocycles. The highest BCUT2D eigenvalue weighted by Gasteiger charge is 2.31. The highest BCUT2D eigenvalue weighted by molar-refractivity contribution is 6.39. The molecule has 1 aromatic carbocycles. The van der Waals surface area contributed by atoms with Crippen LogP contribution in [0.1, 0.15) is 25.7 Å². The first kappa shape index (κ1) is 17.3. The Morgan fingerprint density at radius 2 is 1.96 bits per heavy atom. The van der Waals surface area contributed by atoms with Crippen molar-refractivity contribution in [2.24, 2.45) is 0 Å². The second-order valence-corrected chi connectivity index (χ2v) is 5.34. The number of hydrogen-bond donors (Lipinski definition) is 2. The number of nitrogens with one attached hydrogen (secondary N) is 1. The molecule has 5 nitrogen and oxygen atoms in total. The van der Waals surface area contributed by atoms with Crippen LogP contribution in [-0.2, 0) is 9.59 Å². The number of amides is 2. The quantitative estimate of drug-likeness (QED) is 0.656. The van der Waals surface area contributed by atoms with Crippen LogP contribution in [0.3, 0.4) is 0 Å². The summed E-state index contributed by atoms with van der Waals surface area (Å²) in [6, 6.07) is 1.25. The van der Waals surface area contributed by atoms with E-state index in [9.17, 15) is 22.8 Å². The third-order valence-corrected chi connectivity index (χ3v) is 3.83. The molecule has 126 valence electrons. The molecule has 0 aromatic heterocycles. The summed E-state index contributed by atoms with van der Waals surface area (Å²) in [7, 11) is 0. The third-order valence-electron chi connectivity index (χ3n) is 3.83. The molecule has 1 atom stereocenters. The molecule has 2 rings (SSSR count). The number of aliphatic hydroxyl groups excluding tert-OH is 1. The van der Waals surface area contributed by atoms with Crippen LogP contribution in [0.15, 0.2) is 12.1 Å². The Kier molecular flexibility index (Phi) is 5.59. The van der Waals surface area contributed by atoms with E-state index in [1.54, 1.807) is 0 Å². The summed E-state index contributed by atoms with van der Waals surface area (Å²) >= 11 is 0. The fourth-order valence-electron chi connectivity index (χ4n) is 2.65. The first-order valence-electron chi connectivity index (χ1n) is 7.32. The van der Waals surface area contributed by atoms with E-state index in [1.807, 2.05) is 5.32 Å². The third kappa shape index (κ3) is 3.82. The number of carbonyl (C=O) groups excluding carboxylic acids is 2. The molecule has 0 saturated carbocycles. The first-order chi connectivity index (χ1) is 11.0. The maximum Gasteiger partial charge on any atom is 0.313 e. The van der Waals surface area contributed by atoms with Gasteiger partial charge in [0.2, 0.25) is 0 Å². The highest BCUT2D eigenvalue weighted by Crippen LogP contribution is 2.22. The van der Waals surface area contributed by atoms with Gasteiger partial charge in [0.1, 0.15) is 0 Å². The van der Waals surface area contributed by atoms with E-state index in [4.69, 9.17) is 5.11 Å². The van der Waals surface area contributed by atoms with Gasteiger partial charge in [0.05, 0.1) is 5.69 Å². The SMILES string of the molecule is O=C(Nc1ccc(F)c(F)c1F)C(=O)N1CCCCC1CCO. The van der Waals surface area contributed by atoms with Crippen LogP contribution in [0.2, 0.25) is 0 Å². The number of benzene rings is 1. The van der Waals surface area contributed by atoms with Crippen molar-refractivity contribution in [3.05, 3.63) is 29.6 Å². The molecule has 0 radical (unpaired) electrons. The van der Waals surface area contributed by atoms with E-state index < -0.39 is 35.0 Å². The number of halogens is 3. The average molecular weight is 330 g/mol. The van der Waals surface area contributed by atoms with Crippen LogP contribution in [-0.4, -0.2) is 41.0 Å². The van der Waals surface area contributed by atoms with Crippen molar-refractivity contribution in [1.29, 1.82) is 0 Å². The van der Waals surface area contributed by atoms with E-state index in [0.717, 1.165) is 18.9 Å². The minimum Gasteiger partial charge on any atom is -0.396 e. The molecule has 0 spiro atoms. The second kappa shape index (κ2) is 7.45. The molecule has 0 bridgehead atoms. The van der Waals surface area contributed by atoms with Crippen LogP contribution in [0, 0.1) is 17.5 Å². The summed E-state index contributed by atoms with van der Waals surface area (Å²) in [5, 5.41) is 11.0. The van der Waals surface area contributed by atoms with Gasteiger partial charge in [-0.05, 0) is 37.8 Å². The molecule has 1 fully saturated rings. The Morgan fingerprint density at radius 1 is 1.22 bits per heavy atom. The fourth-order valence-corrected chi connectivity index (χ4v) is 2.65. The van der Waals surface area contributed by atoms with E-state index in [1.165, 1.54) is 4.90 Å². The summed E-state index contributed by atoms with van der Waals surface area (Å²) < 4.78 is 39.5. The Balaban J connectivity index is 2.10. The van der Waals surface area contributed by atoms with Gasteiger partial charge in [-0.3, -0.25) is 9.59 Å². The zero-order chi connectivity index (χ0) is 17.0. The maximum atomic E-state index is 13.5. The number of hydrogen-bond acceptors (Lipinski definition) is 3. The lowest BCUT2D eigenvalue weighted by Gasteiger charge is -2.35. The predicted octanol–water partition coefficient (Wildman–Crippen LogP) is 1.81. The predicted molar refractivity (Wildman–Crippen MR) is 76.0 cm³/mol. The Bertz CT molecular complexity index is 608. The highest BCUT2D eigenvalue weighted by atomic mass is 19.2. The van der Waals surface area contributed by atoms with Crippen LogP contribution >= 0.6 is 0 Å². The minimum absolute atomic E-state index is 0.117. The molecule has 1 unspecified atom stereocenters. The monoisotopic (exact) mass is 330 g/mol. The standard InChI is InChI=1S/C15H17F3N2O3/c16-10-4-5-11(13(18)12(10)17)19-14(22)15(23)20-7-2-1-3-9(20)6-8-21/h4-5,9,21H,1-3,6-8H2,(H,19,22). The lowest BCUT2D eigenvalue weighted by Crippen LogP contribution is -2.48. The smallest absolute Gasteiger partial charge is 0.313 e. The molecule has 2 N–H and O–H groups in total. The van der Waals surface area contributed by atoms with Crippen molar-refractivity contribution in [2.45, 2.75) is 31.7 Å². The zero-order valence-electron chi connectivity index (χ0n) is 12.3. The van der Waals surface area contributed by atoms with Gasteiger partial charge in [-0.2, -0.15) is 0 Å². The van der Waals surface area contributed by atoms with E-state index in [0.29, 0.717) is 25.5 Å². The molecule has 1 aliphatic rings. The topological polar surface area (TPSA) is 69.6 Å². The molecular weight excluding hydrogens is 313 g/mol. The van der Waals surface area contributed by atoms with Crippen LogP contribution in [0.4, 0.5) is 18.9 Å². The van der Waals surface area contributed by atoms with Crippen molar-refractivity contribution in [2.75, 3.05) is 18.5 Å². The van der Waals surface area contributed by atoms with Gasteiger partial charge in [0.15, 0.2) is 17.5 Å². The molecule has 23 heavy (non-hydrogen) atoms. The zero-order valence-corrected chi connectivity index (χ0v) is 12.3. The summed E-state index contributed by atoms with van der Waals surface area (Å²) in [6.45, 7) is 0.241. The Labute approximate surface area is 131 Å². The summed E-state index contributed by atoms with van der Waals surface area (Å²) in [5.74, 6) is -6.67. The normalized spacial score (nSPS) is 17.9. The van der Waals surface area contributed by atoms with Crippen molar-refractivity contribution >= 4 is 17.5 Å². The van der Waals surface area contributed by atoms with Crippen molar-refractivity contribution in [1.82, 2.24) is 4.90 Å². The van der Waals surface area contributed by atoms with Gasteiger partial charge in [-0.1, -0.05) is 0 Å². The van der Waals surface area contributed by atoms with Crippen molar-refractivity contribution in [3.63, 3.8) is 0 Å². The maximum absolute atomic E-state index is 13.5. The van der Waals surface area contributed by atoms with Crippen molar-refractivity contribution < 1.29 is 27.9 Å². The van der Waals surface area contributed by atoms with Crippen LogP contribution in [0.25, 0.3) is 0 Å². The van der Waals surface area contributed by atoms with Gasteiger partial charge in [-0.25, -0.2) is 13.2 Å². The molecule has 1 aliphatic heterocycles. The van der Waals surface area contributed by atoms with Gasteiger partial charge < -0.3 is 15.3 Å². The van der Waals surface area contributed by atoms with E-state index in [2.05, 4.69) is 0 Å². The molecule has 2 amide bonds. The van der Waals surface area contributed by atoms with Gasteiger partial charge in [-0.15, -0.1) is 0 Å². The average Bonchev–Trinajstić information content (AvgIpc) is 2.55. The van der Waals surface area contributed by atoms with E-state index in [-0.39, 0.29) is 12.6 Å². The Hall–Kier alpha value is -2.09. The number of anilines is 1. The first-order valence-corrected chi connectivity index (χ1v) is 7.32. The number of carbonyl (C=O) groups is 2. The van der Waals surface area contributed by atoms with Gasteiger partial charge in [0, 0.05) is 19.2 Å². The number of rotatable bonds is 3. The number of nitrogens with zero attached hydrogens (tertiary/aromatic N) is 1. The lowest BCUT2D eigenvalue weighted by molar-refractivity contribution is -0.146. The van der Waals surface area contributed by atoms with Crippen LogP contribution in [0.5, 0.6) is 0 Å². The fraction of sp³-hybridized carbons (Fsp3) is 0.467. The summed E-state index contributed by atoms with van der Waals surface area (Å²) in [6.07, 6.45) is 2.62. The summed E-state index contributed by atoms with van der Waals surface area (Å²) in [5.41, 5.74) is -0.599. The van der Waals surface area contributed by atoms with Gasteiger partial charge >= 0.3 is 11.8 Å². The summed E-state index contributed by atoms with van der Waals surface area (Å²) in [4.78, 5) is 25.5. The number of piperidine rings is 1. The second-order valence-electron chi connectivity index (χ2n) is 5.34. The molecule has 1 aromatic rings. The lowest BCUT2D eigenvalue weighted by atomic mass is 9.99. The van der Waals surface area contributed by atoms with Gasteiger partial charge in [0.25, 0.3) is 0 Å². The number of likely N-dealkylation sites (tertiary alicyclic amines) is 1. The molecule has 8 heteroatoms. The van der Waals surface area contributed by atoms with Crippen molar-refractivity contribution in [3.8, 4) is 0 Å². The molecule has 0 aliphatic carbocycles. The molecule has 1 saturated heterocycles. The minimum atomic E-state index is -1.72. The largest absolute Gasteiger partial charge is 0.396 e. The van der Waals surface area contributed by atoms with E-state index >= 15 is 0 Å². The molecular formula is C15H17F3N2O3.